The minimum absolute atomic E-state index is 0.0543. The van der Waals surface area contributed by atoms with Gasteiger partial charge in [0.25, 0.3) is 5.69 Å². The van der Waals surface area contributed by atoms with Crippen molar-refractivity contribution < 1.29 is 19.5 Å². The molecule has 0 amide bonds. The minimum atomic E-state index is -0.580. The average Bonchev–Trinajstić information content (AvgIpc) is 2.86. The Hall–Kier alpha value is -2.60. The van der Waals surface area contributed by atoms with Crippen LogP contribution in [-0.2, 0) is 6.61 Å². The van der Waals surface area contributed by atoms with Crippen molar-refractivity contribution >= 4 is 5.69 Å². The Balaban J connectivity index is 1.66. The highest BCUT2D eigenvalue weighted by Crippen LogP contribution is 2.35. The van der Waals surface area contributed by atoms with E-state index in [9.17, 15) is 15.2 Å². The Morgan fingerprint density at radius 3 is 2.76 bits per heavy atom. The van der Waals surface area contributed by atoms with Crippen LogP contribution in [0.3, 0.4) is 0 Å². The molecule has 1 aliphatic heterocycles. The molecule has 6 heteroatoms. The van der Waals surface area contributed by atoms with Crippen LogP contribution in [0, 0.1) is 10.1 Å². The lowest BCUT2D eigenvalue weighted by Gasteiger charge is -2.08. The van der Waals surface area contributed by atoms with E-state index in [-0.39, 0.29) is 12.3 Å². The smallest absolute Gasteiger partial charge is 0.269 e. The van der Waals surface area contributed by atoms with Crippen LogP contribution in [0.5, 0.6) is 11.5 Å². The molecule has 6 nitrogen and oxygen atoms in total. The summed E-state index contributed by atoms with van der Waals surface area (Å²) < 4.78 is 11.0. The largest absolute Gasteiger partial charge is 0.490 e. The Morgan fingerprint density at radius 1 is 1.29 bits per heavy atom. The zero-order chi connectivity index (χ0) is 14.8. The third-order valence-corrected chi connectivity index (χ3v) is 3.29. The normalized spacial score (nSPS) is 16.1. The van der Waals surface area contributed by atoms with Crippen LogP contribution >= 0.6 is 0 Å². The molecular formula is C15H13NO5. The molecule has 1 aliphatic rings. The molecule has 0 saturated carbocycles. The molecule has 0 aromatic heterocycles. The number of fused-ring (bicyclic) bond motifs is 1. The first-order valence-electron chi connectivity index (χ1n) is 6.44. The maximum absolute atomic E-state index is 10.6. The van der Waals surface area contributed by atoms with E-state index in [0.29, 0.717) is 18.1 Å². The predicted molar refractivity (Wildman–Crippen MR) is 74.3 cm³/mol. The Bertz CT molecular complexity index is 668. The van der Waals surface area contributed by atoms with Gasteiger partial charge in [0.2, 0.25) is 0 Å². The maximum Gasteiger partial charge on any atom is 0.269 e. The van der Waals surface area contributed by atoms with Gasteiger partial charge in [-0.2, -0.15) is 0 Å². The zero-order valence-corrected chi connectivity index (χ0v) is 11.1. The highest BCUT2D eigenvalue weighted by Gasteiger charge is 2.22. The zero-order valence-electron chi connectivity index (χ0n) is 11.1. The number of non-ortho nitro benzene ring substituents is 1. The van der Waals surface area contributed by atoms with E-state index in [4.69, 9.17) is 9.47 Å². The Labute approximate surface area is 120 Å². The number of nitro benzene ring substituents is 1. The van der Waals surface area contributed by atoms with E-state index in [1.807, 2.05) is 0 Å². The lowest BCUT2D eigenvalue weighted by Crippen LogP contribution is -1.97. The summed E-state index contributed by atoms with van der Waals surface area (Å²) in [5.74, 6) is 1.25. The van der Waals surface area contributed by atoms with Gasteiger partial charge in [-0.25, -0.2) is 0 Å². The van der Waals surface area contributed by atoms with E-state index in [1.54, 1.807) is 30.3 Å². The van der Waals surface area contributed by atoms with Crippen molar-refractivity contribution in [2.75, 3.05) is 6.61 Å². The van der Waals surface area contributed by atoms with E-state index in [0.717, 1.165) is 11.1 Å². The van der Waals surface area contributed by atoms with Crippen LogP contribution in [0.1, 0.15) is 17.2 Å². The quantitative estimate of drug-likeness (QED) is 0.690. The highest BCUT2D eigenvalue weighted by atomic mass is 16.6. The lowest BCUT2D eigenvalue weighted by atomic mass is 10.1. The van der Waals surface area contributed by atoms with E-state index in [2.05, 4.69) is 0 Å². The predicted octanol–water partition coefficient (Wildman–Crippen LogP) is 2.60. The fourth-order valence-corrected chi connectivity index (χ4v) is 2.14. The second-order valence-corrected chi connectivity index (χ2v) is 4.74. The fourth-order valence-electron chi connectivity index (χ4n) is 2.14. The van der Waals surface area contributed by atoms with Crippen molar-refractivity contribution in [3.8, 4) is 11.5 Å². The van der Waals surface area contributed by atoms with E-state index < -0.39 is 11.0 Å². The summed E-state index contributed by atoms with van der Waals surface area (Å²) in [7, 11) is 0. The fraction of sp³-hybridized carbons (Fsp3) is 0.200. The van der Waals surface area contributed by atoms with Crippen LogP contribution in [-0.4, -0.2) is 16.6 Å². The standard InChI is InChI=1S/C15H13NO5/c17-14-9-21-15-7-12(5-6-13(14)15)20-8-10-1-3-11(4-2-10)16(18)19/h1-7,14,17H,8-9H2. The lowest BCUT2D eigenvalue weighted by molar-refractivity contribution is -0.384. The second kappa shape index (κ2) is 5.41. The SMILES string of the molecule is O=[N+]([O-])c1ccc(COc2ccc3c(c2)OCC3O)cc1. The van der Waals surface area contributed by atoms with Crippen molar-refractivity contribution in [3.63, 3.8) is 0 Å². The van der Waals surface area contributed by atoms with Gasteiger partial charge in [-0.1, -0.05) is 0 Å². The van der Waals surface area contributed by atoms with Crippen molar-refractivity contribution in [1.29, 1.82) is 0 Å². The number of hydrogen-bond donors (Lipinski definition) is 1. The minimum Gasteiger partial charge on any atom is -0.490 e. The van der Waals surface area contributed by atoms with Gasteiger partial charge in [-0.15, -0.1) is 0 Å². The summed E-state index contributed by atoms with van der Waals surface area (Å²) in [6, 6.07) is 11.5. The third-order valence-electron chi connectivity index (χ3n) is 3.29. The van der Waals surface area contributed by atoms with Crippen LogP contribution in [0.2, 0.25) is 0 Å². The second-order valence-electron chi connectivity index (χ2n) is 4.74. The molecule has 0 aliphatic carbocycles. The molecule has 1 N–H and O–H groups in total. The molecule has 1 atom stereocenters. The Kier molecular flexibility index (Phi) is 3.45. The van der Waals surface area contributed by atoms with Crippen LogP contribution in [0.15, 0.2) is 42.5 Å². The molecule has 2 aromatic carbocycles. The number of rotatable bonds is 4. The number of nitro groups is 1. The van der Waals surface area contributed by atoms with Gasteiger partial charge < -0.3 is 14.6 Å². The molecule has 0 spiro atoms. The van der Waals surface area contributed by atoms with Crippen LogP contribution in [0.25, 0.3) is 0 Å². The first-order valence-corrected chi connectivity index (χ1v) is 6.44. The summed E-state index contributed by atoms with van der Waals surface area (Å²) in [4.78, 5) is 10.1. The number of benzene rings is 2. The number of aliphatic hydroxyl groups is 1. The summed E-state index contributed by atoms with van der Waals surface area (Å²) in [6.45, 7) is 0.570. The molecule has 0 radical (unpaired) electrons. The van der Waals surface area contributed by atoms with Crippen molar-refractivity contribution in [3.05, 3.63) is 63.7 Å². The summed E-state index contributed by atoms with van der Waals surface area (Å²) in [5, 5.41) is 20.2. The van der Waals surface area contributed by atoms with Gasteiger partial charge in [0.05, 0.1) is 4.92 Å². The number of nitrogens with zero attached hydrogens (tertiary/aromatic N) is 1. The first kappa shape index (κ1) is 13.4. The van der Waals surface area contributed by atoms with Gasteiger partial charge in [0.15, 0.2) is 0 Å². The Morgan fingerprint density at radius 2 is 2.05 bits per heavy atom. The average molecular weight is 287 g/mol. The highest BCUT2D eigenvalue weighted by molar-refractivity contribution is 5.44. The number of ether oxygens (including phenoxy) is 2. The van der Waals surface area contributed by atoms with Crippen molar-refractivity contribution in [2.24, 2.45) is 0 Å². The molecule has 3 rings (SSSR count). The van der Waals surface area contributed by atoms with E-state index >= 15 is 0 Å². The summed E-state index contributed by atoms with van der Waals surface area (Å²) in [5.41, 5.74) is 1.65. The molecular weight excluding hydrogens is 274 g/mol. The summed E-state index contributed by atoms with van der Waals surface area (Å²) in [6.07, 6.45) is -0.580. The molecule has 108 valence electrons. The van der Waals surface area contributed by atoms with Gasteiger partial charge in [0.1, 0.15) is 30.8 Å². The van der Waals surface area contributed by atoms with Crippen LogP contribution in [0.4, 0.5) is 5.69 Å². The van der Waals surface area contributed by atoms with E-state index in [1.165, 1.54) is 12.1 Å². The third kappa shape index (κ3) is 2.80. The molecule has 1 heterocycles. The van der Waals surface area contributed by atoms with Crippen LogP contribution < -0.4 is 9.47 Å². The topological polar surface area (TPSA) is 81.8 Å². The van der Waals surface area contributed by atoms with Gasteiger partial charge in [-0.05, 0) is 29.8 Å². The number of aliphatic hydroxyl groups excluding tert-OH is 1. The van der Waals surface area contributed by atoms with Crippen molar-refractivity contribution in [2.45, 2.75) is 12.7 Å². The molecule has 0 bridgehead atoms. The molecule has 0 fully saturated rings. The molecule has 0 saturated heterocycles. The molecule has 21 heavy (non-hydrogen) atoms. The summed E-state index contributed by atoms with van der Waals surface area (Å²) >= 11 is 0. The number of hydrogen-bond acceptors (Lipinski definition) is 5. The van der Waals surface area contributed by atoms with Gasteiger partial charge >= 0.3 is 0 Å². The molecule has 1 unspecified atom stereocenters. The van der Waals surface area contributed by atoms with Crippen molar-refractivity contribution in [1.82, 2.24) is 0 Å². The van der Waals surface area contributed by atoms with Gasteiger partial charge in [-0.3, -0.25) is 10.1 Å². The maximum atomic E-state index is 10.6. The van der Waals surface area contributed by atoms with Gasteiger partial charge in [0, 0.05) is 23.8 Å². The molecule has 2 aromatic rings. The first-order chi connectivity index (χ1) is 10.1. The monoisotopic (exact) mass is 287 g/mol.